The van der Waals surface area contributed by atoms with Gasteiger partial charge in [-0.15, -0.1) is 24.0 Å². The molecule has 0 amide bonds. The SMILES string of the molecule is CN=C(NCc1cccc(OCC(F)(F)F)c1)NC(C)C.I. The van der Waals surface area contributed by atoms with Crippen molar-refractivity contribution in [1.29, 1.82) is 0 Å². The first-order valence-corrected chi connectivity index (χ1v) is 6.56. The predicted octanol–water partition coefficient (Wildman–Crippen LogP) is 3.32. The fraction of sp³-hybridized carbons (Fsp3) is 0.500. The van der Waals surface area contributed by atoms with Crippen LogP contribution in [0.2, 0.25) is 0 Å². The van der Waals surface area contributed by atoms with Crippen molar-refractivity contribution in [1.82, 2.24) is 10.6 Å². The number of alkyl halides is 3. The van der Waals surface area contributed by atoms with Crippen molar-refractivity contribution in [3.8, 4) is 5.75 Å². The van der Waals surface area contributed by atoms with Gasteiger partial charge >= 0.3 is 6.18 Å². The Morgan fingerprint density at radius 3 is 2.55 bits per heavy atom. The summed E-state index contributed by atoms with van der Waals surface area (Å²) in [6.07, 6.45) is -4.34. The second kappa shape index (κ2) is 9.75. The Bertz CT molecular complexity index is 479. The molecule has 0 saturated heterocycles. The monoisotopic (exact) mass is 431 g/mol. The van der Waals surface area contributed by atoms with Gasteiger partial charge in [0.05, 0.1) is 0 Å². The van der Waals surface area contributed by atoms with Crippen LogP contribution in [-0.4, -0.2) is 31.8 Å². The maximum absolute atomic E-state index is 12.1. The van der Waals surface area contributed by atoms with Crippen LogP contribution in [0.4, 0.5) is 13.2 Å². The Hall–Kier alpha value is -1.19. The molecule has 0 unspecified atom stereocenters. The number of guanidine groups is 1. The van der Waals surface area contributed by atoms with Gasteiger partial charge in [-0.3, -0.25) is 4.99 Å². The molecule has 0 radical (unpaired) electrons. The summed E-state index contributed by atoms with van der Waals surface area (Å²) < 4.78 is 41.0. The first kappa shape index (κ1) is 20.8. The number of hydrogen-bond acceptors (Lipinski definition) is 2. The van der Waals surface area contributed by atoms with Crippen molar-refractivity contribution >= 4 is 29.9 Å². The second-order valence-electron chi connectivity index (χ2n) is 4.78. The predicted molar refractivity (Wildman–Crippen MR) is 91.9 cm³/mol. The van der Waals surface area contributed by atoms with Crippen LogP contribution in [-0.2, 0) is 6.54 Å². The lowest BCUT2D eigenvalue weighted by molar-refractivity contribution is -0.153. The third kappa shape index (κ3) is 8.96. The molecule has 4 nitrogen and oxygen atoms in total. The summed E-state index contributed by atoms with van der Waals surface area (Å²) >= 11 is 0. The Morgan fingerprint density at radius 1 is 1.32 bits per heavy atom. The van der Waals surface area contributed by atoms with Crippen LogP contribution in [0.3, 0.4) is 0 Å². The average molecular weight is 431 g/mol. The van der Waals surface area contributed by atoms with Gasteiger partial charge in [-0.1, -0.05) is 12.1 Å². The summed E-state index contributed by atoms with van der Waals surface area (Å²) in [6, 6.07) is 6.76. The van der Waals surface area contributed by atoms with E-state index in [4.69, 9.17) is 4.74 Å². The molecular formula is C14H21F3IN3O. The first-order valence-electron chi connectivity index (χ1n) is 6.56. The number of nitrogens with zero attached hydrogens (tertiary/aromatic N) is 1. The van der Waals surface area contributed by atoms with Gasteiger partial charge in [-0.2, -0.15) is 13.2 Å². The van der Waals surface area contributed by atoms with Gasteiger partial charge in [0.15, 0.2) is 12.6 Å². The topological polar surface area (TPSA) is 45.7 Å². The fourth-order valence-corrected chi connectivity index (χ4v) is 1.56. The quantitative estimate of drug-likeness (QED) is 0.427. The van der Waals surface area contributed by atoms with Crippen LogP contribution in [0.1, 0.15) is 19.4 Å². The van der Waals surface area contributed by atoms with Crippen LogP contribution in [0, 0.1) is 0 Å². The molecule has 22 heavy (non-hydrogen) atoms. The van der Waals surface area contributed by atoms with Crippen LogP contribution in [0.15, 0.2) is 29.3 Å². The van der Waals surface area contributed by atoms with Crippen LogP contribution >= 0.6 is 24.0 Å². The second-order valence-corrected chi connectivity index (χ2v) is 4.78. The lowest BCUT2D eigenvalue weighted by Gasteiger charge is -2.15. The molecule has 0 aliphatic rings. The summed E-state index contributed by atoms with van der Waals surface area (Å²) in [5.41, 5.74) is 0.807. The van der Waals surface area contributed by atoms with Gasteiger partial charge in [-0.05, 0) is 31.5 Å². The van der Waals surface area contributed by atoms with Crippen LogP contribution in [0.5, 0.6) is 5.75 Å². The molecule has 0 heterocycles. The van der Waals surface area contributed by atoms with Crippen molar-refractivity contribution in [2.24, 2.45) is 4.99 Å². The number of hydrogen-bond donors (Lipinski definition) is 2. The van der Waals surface area contributed by atoms with E-state index >= 15 is 0 Å². The lowest BCUT2D eigenvalue weighted by atomic mass is 10.2. The van der Waals surface area contributed by atoms with Gasteiger partial charge < -0.3 is 15.4 Å². The van der Waals surface area contributed by atoms with Gasteiger partial charge in [0.1, 0.15) is 5.75 Å². The van der Waals surface area contributed by atoms with E-state index in [1.807, 2.05) is 13.8 Å². The van der Waals surface area contributed by atoms with Gasteiger partial charge in [0, 0.05) is 19.6 Å². The molecule has 1 aromatic rings. The van der Waals surface area contributed by atoms with E-state index in [-0.39, 0.29) is 35.8 Å². The van der Waals surface area contributed by atoms with Crippen molar-refractivity contribution in [3.05, 3.63) is 29.8 Å². The highest BCUT2D eigenvalue weighted by molar-refractivity contribution is 14.0. The van der Waals surface area contributed by atoms with Gasteiger partial charge in [0.2, 0.25) is 0 Å². The minimum atomic E-state index is -4.34. The zero-order valence-corrected chi connectivity index (χ0v) is 15.0. The smallest absolute Gasteiger partial charge is 0.422 e. The third-order valence-electron chi connectivity index (χ3n) is 2.41. The Labute approximate surface area is 145 Å². The minimum Gasteiger partial charge on any atom is -0.484 e. The summed E-state index contributed by atoms with van der Waals surface area (Å²) in [7, 11) is 1.65. The molecule has 126 valence electrons. The first-order chi connectivity index (χ1) is 9.80. The van der Waals surface area contributed by atoms with Crippen molar-refractivity contribution in [2.45, 2.75) is 32.6 Å². The zero-order valence-electron chi connectivity index (χ0n) is 12.7. The fourth-order valence-electron chi connectivity index (χ4n) is 1.56. The summed E-state index contributed by atoms with van der Waals surface area (Å²) in [5, 5.41) is 6.20. The largest absolute Gasteiger partial charge is 0.484 e. The number of nitrogens with one attached hydrogen (secondary N) is 2. The standard InChI is InChI=1S/C14H20F3N3O.HI/c1-10(2)20-13(18-3)19-8-11-5-4-6-12(7-11)21-9-14(15,16)17;/h4-7,10H,8-9H2,1-3H3,(H2,18,19,20);1H. The van der Waals surface area contributed by atoms with Crippen LogP contribution < -0.4 is 15.4 Å². The summed E-state index contributed by atoms with van der Waals surface area (Å²) in [4.78, 5) is 4.05. The molecule has 1 aromatic carbocycles. The van der Waals surface area contributed by atoms with E-state index < -0.39 is 12.8 Å². The molecule has 1 rings (SSSR count). The van der Waals surface area contributed by atoms with Crippen molar-refractivity contribution < 1.29 is 17.9 Å². The lowest BCUT2D eigenvalue weighted by Crippen LogP contribution is -2.40. The van der Waals surface area contributed by atoms with Crippen molar-refractivity contribution in [3.63, 3.8) is 0 Å². The molecule has 0 spiro atoms. The number of rotatable bonds is 5. The number of aliphatic imine (C=N–C) groups is 1. The normalized spacial score (nSPS) is 11.9. The Kier molecular flexibility index (Phi) is 9.22. The minimum absolute atomic E-state index is 0. The molecule has 2 N–H and O–H groups in total. The van der Waals surface area contributed by atoms with E-state index in [1.54, 1.807) is 25.2 Å². The number of halogens is 4. The third-order valence-corrected chi connectivity index (χ3v) is 2.41. The van der Waals surface area contributed by atoms with E-state index in [2.05, 4.69) is 15.6 Å². The molecule has 0 bridgehead atoms. The Balaban J connectivity index is 0.00000441. The van der Waals surface area contributed by atoms with Gasteiger partial charge in [0.25, 0.3) is 0 Å². The molecule has 0 atom stereocenters. The molecular weight excluding hydrogens is 410 g/mol. The molecule has 0 aliphatic heterocycles. The van der Waals surface area contributed by atoms with Crippen molar-refractivity contribution in [2.75, 3.05) is 13.7 Å². The molecule has 0 saturated carbocycles. The van der Waals surface area contributed by atoms with E-state index in [1.165, 1.54) is 6.07 Å². The summed E-state index contributed by atoms with van der Waals surface area (Å²) in [5.74, 6) is 0.824. The zero-order chi connectivity index (χ0) is 15.9. The molecule has 0 fully saturated rings. The highest BCUT2D eigenvalue weighted by Gasteiger charge is 2.28. The van der Waals surface area contributed by atoms with E-state index in [0.717, 1.165) is 5.56 Å². The average Bonchev–Trinajstić information content (AvgIpc) is 2.40. The highest BCUT2D eigenvalue weighted by atomic mass is 127. The Morgan fingerprint density at radius 2 is 2.00 bits per heavy atom. The number of benzene rings is 1. The van der Waals surface area contributed by atoms with Crippen LogP contribution in [0.25, 0.3) is 0 Å². The summed E-state index contributed by atoms with van der Waals surface area (Å²) in [6.45, 7) is 3.12. The molecule has 0 aromatic heterocycles. The molecule has 8 heteroatoms. The maximum atomic E-state index is 12.1. The molecule has 0 aliphatic carbocycles. The van der Waals surface area contributed by atoms with Gasteiger partial charge in [-0.25, -0.2) is 0 Å². The number of ether oxygens (including phenoxy) is 1. The maximum Gasteiger partial charge on any atom is 0.422 e. The highest BCUT2D eigenvalue weighted by Crippen LogP contribution is 2.19. The van der Waals surface area contributed by atoms with E-state index in [0.29, 0.717) is 12.5 Å². The van der Waals surface area contributed by atoms with E-state index in [9.17, 15) is 13.2 Å².